The second-order valence-corrected chi connectivity index (χ2v) is 6.93. The number of nitrogens with zero attached hydrogens (tertiary/aromatic N) is 2. The number of rotatable bonds is 8. The van der Waals surface area contributed by atoms with Crippen LogP contribution in [0.2, 0.25) is 0 Å². The van der Waals surface area contributed by atoms with Crippen molar-refractivity contribution in [1.29, 1.82) is 0 Å². The third kappa shape index (κ3) is 6.20. The predicted molar refractivity (Wildman–Crippen MR) is 112 cm³/mol. The van der Waals surface area contributed by atoms with Crippen molar-refractivity contribution in [2.24, 2.45) is 13.0 Å². The minimum Gasteiger partial charge on any atom is -0.484 e. The molecule has 2 amide bonds. The number of carbonyl (C=O) groups is 2. The van der Waals surface area contributed by atoms with Gasteiger partial charge in [0.15, 0.2) is 6.61 Å². The van der Waals surface area contributed by atoms with Crippen molar-refractivity contribution >= 4 is 24.2 Å². The van der Waals surface area contributed by atoms with E-state index in [9.17, 15) is 9.59 Å². The summed E-state index contributed by atoms with van der Waals surface area (Å²) in [6, 6.07) is 7.41. The summed E-state index contributed by atoms with van der Waals surface area (Å²) < 4.78 is 7.26. The molecule has 158 valence electrons. The quantitative estimate of drug-likeness (QED) is 0.590. The number of hydrogen-bond acceptors (Lipinski definition) is 5. The van der Waals surface area contributed by atoms with Crippen LogP contribution in [0.4, 0.5) is 0 Å². The molecule has 0 spiro atoms. The molecule has 0 radical (unpaired) electrons. The Bertz CT molecular complexity index is 826. The molecule has 1 saturated heterocycles. The number of hydrogen-bond donors (Lipinski definition) is 3. The lowest BCUT2D eigenvalue weighted by Crippen LogP contribution is -2.34. The van der Waals surface area contributed by atoms with Crippen molar-refractivity contribution < 1.29 is 14.3 Å². The number of halogens is 1. The molecule has 2 aromatic rings. The van der Waals surface area contributed by atoms with E-state index in [0.717, 1.165) is 17.7 Å². The monoisotopic (exact) mass is 421 g/mol. The van der Waals surface area contributed by atoms with Gasteiger partial charge in [-0.25, -0.2) is 0 Å². The van der Waals surface area contributed by atoms with Gasteiger partial charge in [0, 0.05) is 45.3 Å². The Morgan fingerprint density at radius 1 is 1.31 bits per heavy atom. The number of benzene rings is 1. The zero-order valence-corrected chi connectivity index (χ0v) is 17.5. The van der Waals surface area contributed by atoms with E-state index < -0.39 is 0 Å². The minimum absolute atomic E-state index is 0. The smallest absolute Gasteiger partial charge is 0.257 e. The van der Waals surface area contributed by atoms with Crippen LogP contribution in [-0.2, 0) is 23.2 Å². The minimum atomic E-state index is -0.156. The van der Waals surface area contributed by atoms with Crippen LogP contribution in [0.15, 0.2) is 36.7 Å². The molecule has 8 nitrogen and oxygen atoms in total. The molecule has 1 aliphatic heterocycles. The van der Waals surface area contributed by atoms with Gasteiger partial charge in [-0.05, 0) is 30.2 Å². The molecule has 9 heteroatoms. The first kappa shape index (κ1) is 22.7. The molecule has 1 aromatic heterocycles. The first-order chi connectivity index (χ1) is 13.6. The van der Waals surface area contributed by atoms with Gasteiger partial charge >= 0.3 is 0 Å². The van der Waals surface area contributed by atoms with Gasteiger partial charge < -0.3 is 20.7 Å². The molecule has 3 N–H and O–H groups in total. The Hall–Kier alpha value is -2.58. The fourth-order valence-electron chi connectivity index (χ4n) is 3.40. The van der Waals surface area contributed by atoms with Crippen molar-refractivity contribution in [2.75, 3.05) is 26.2 Å². The summed E-state index contributed by atoms with van der Waals surface area (Å²) in [7, 11) is 1.88. The van der Waals surface area contributed by atoms with Crippen LogP contribution in [0, 0.1) is 5.92 Å². The average molecular weight is 422 g/mol. The van der Waals surface area contributed by atoms with Gasteiger partial charge in [-0.3, -0.25) is 14.3 Å². The highest BCUT2D eigenvalue weighted by Crippen LogP contribution is 2.28. The number of likely N-dealkylation sites (N-methyl/N-ethyl adjacent to an activating group) is 1. The second kappa shape index (κ2) is 10.8. The zero-order chi connectivity index (χ0) is 19.9. The Labute approximate surface area is 176 Å². The highest BCUT2D eigenvalue weighted by Gasteiger charge is 2.34. The number of aromatic nitrogens is 2. The summed E-state index contributed by atoms with van der Waals surface area (Å²) in [6.07, 6.45) is 3.79. The van der Waals surface area contributed by atoms with Crippen molar-refractivity contribution in [3.05, 3.63) is 47.8 Å². The SMILES string of the molecule is CCNC(=O)COc1cccc(CNC(=O)[C@H]2CNC[C@@H]2c2cnn(C)c2)c1.Cl. The first-order valence-corrected chi connectivity index (χ1v) is 9.52. The number of nitrogens with one attached hydrogen (secondary N) is 3. The molecule has 1 aliphatic rings. The molecule has 2 heterocycles. The van der Waals surface area contributed by atoms with Crippen LogP contribution in [0.25, 0.3) is 0 Å². The maximum Gasteiger partial charge on any atom is 0.257 e. The van der Waals surface area contributed by atoms with Gasteiger partial charge in [-0.15, -0.1) is 12.4 Å². The van der Waals surface area contributed by atoms with E-state index >= 15 is 0 Å². The summed E-state index contributed by atoms with van der Waals surface area (Å²) in [6.45, 7) is 4.25. The van der Waals surface area contributed by atoms with E-state index in [4.69, 9.17) is 4.74 Å². The molecular formula is C20H28ClN5O3. The van der Waals surface area contributed by atoms with Crippen molar-refractivity contribution in [1.82, 2.24) is 25.7 Å². The molecular weight excluding hydrogens is 394 g/mol. The topological polar surface area (TPSA) is 97.3 Å². The Balaban J connectivity index is 0.00000300. The number of carbonyl (C=O) groups excluding carboxylic acids is 2. The molecule has 1 aromatic carbocycles. The third-order valence-electron chi connectivity index (χ3n) is 4.81. The fourth-order valence-corrected chi connectivity index (χ4v) is 3.40. The van der Waals surface area contributed by atoms with Crippen molar-refractivity contribution in [2.45, 2.75) is 19.4 Å². The van der Waals surface area contributed by atoms with E-state index in [1.807, 2.05) is 44.6 Å². The highest BCUT2D eigenvalue weighted by atomic mass is 35.5. The van der Waals surface area contributed by atoms with Gasteiger partial charge in [0.05, 0.1) is 12.1 Å². The first-order valence-electron chi connectivity index (χ1n) is 9.52. The molecule has 0 aliphatic carbocycles. The molecule has 2 atom stereocenters. The Morgan fingerprint density at radius 3 is 2.86 bits per heavy atom. The number of ether oxygens (including phenoxy) is 1. The second-order valence-electron chi connectivity index (χ2n) is 6.93. The standard InChI is InChI=1S/C20H27N5O3.ClH/c1-3-22-19(26)13-28-16-6-4-5-14(7-16)8-23-20(27)18-11-21-10-17(18)15-9-24-25(2)12-15;/h4-7,9,12,17-18,21H,3,8,10-11,13H2,1-2H3,(H,22,26)(H,23,27);1H/t17-,18+;/m1./s1. The molecule has 3 rings (SSSR count). The van der Waals surface area contributed by atoms with E-state index in [1.165, 1.54) is 0 Å². The van der Waals surface area contributed by atoms with Crippen LogP contribution in [0.3, 0.4) is 0 Å². The van der Waals surface area contributed by atoms with Crippen LogP contribution in [0.5, 0.6) is 5.75 Å². The van der Waals surface area contributed by atoms with Crippen molar-refractivity contribution in [3.63, 3.8) is 0 Å². The summed E-state index contributed by atoms with van der Waals surface area (Å²) in [5.41, 5.74) is 2.00. The third-order valence-corrected chi connectivity index (χ3v) is 4.81. The summed E-state index contributed by atoms with van der Waals surface area (Å²) in [5, 5.41) is 13.2. The normalized spacial score (nSPS) is 18.0. The van der Waals surface area contributed by atoms with Gasteiger partial charge in [-0.1, -0.05) is 12.1 Å². The van der Waals surface area contributed by atoms with Gasteiger partial charge in [0.1, 0.15) is 5.75 Å². The summed E-state index contributed by atoms with van der Waals surface area (Å²) >= 11 is 0. The molecule has 29 heavy (non-hydrogen) atoms. The zero-order valence-electron chi connectivity index (χ0n) is 16.7. The van der Waals surface area contributed by atoms with Crippen LogP contribution >= 0.6 is 12.4 Å². The number of amides is 2. The van der Waals surface area contributed by atoms with Crippen LogP contribution < -0.4 is 20.7 Å². The van der Waals surface area contributed by atoms with Crippen molar-refractivity contribution in [3.8, 4) is 5.75 Å². The predicted octanol–water partition coefficient (Wildman–Crippen LogP) is 0.976. The van der Waals surface area contributed by atoms with E-state index in [1.54, 1.807) is 10.7 Å². The number of aryl methyl sites for hydroxylation is 1. The Kier molecular flexibility index (Phi) is 8.48. The van der Waals surface area contributed by atoms with E-state index in [-0.39, 0.29) is 42.7 Å². The lowest BCUT2D eigenvalue weighted by atomic mass is 9.90. The molecule has 0 saturated carbocycles. The molecule has 1 fully saturated rings. The summed E-state index contributed by atoms with van der Waals surface area (Å²) in [4.78, 5) is 24.2. The average Bonchev–Trinajstić information content (AvgIpc) is 3.34. The van der Waals surface area contributed by atoms with Crippen LogP contribution in [0.1, 0.15) is 24.0 Å². The Morgan fingerprint density at radius 2 is 2.14 bits per heavy atom. The van der Waals surface area contributed by atoms with Gasteiger partial charge in [-0.2, -0.15) is 5.10 Å². The molecule has 0 bridgehead atoms. The van der Waals surface area contributed by atoms with Crippen LogP contribution in [-0.4, -0.2) is 47.8 Å². The lowest BCUT2D eigenvalue weighted by Gasteiger charge is -2.17. The van der Waals surface area contributed by atoms with Gasteiger partial charge in [0.2, 0.25) is 5.91 Å². The fraction of sp³-hybridized carbons (Fsp3) is 0.450. The maximum atomic E-state index is 12.7. The molecule has 0 unspecified atom stereocenters. The summed E-state index contributed by atoms with van der Waals surface area (Å²) in [5.74, 6) is 0.472. The van der Waals surface area contributed by atoms with E-state index in [0.29, 0.717) is 25.4 Å². The van der Waals surface area contributed by atoms with E-state index in [2.05, 4.69) is 21.0 Å². The largest absolute Gasteiger partial charge is 0.484 e. The lowest BCUT2D eigenvalue weighted by molar-refractivity contribution is -0.125. The van der Waals surface area contributed by atoms with Gasteiger partial charge in [0.25, 0.3) is 5.91 Å². The maximum absolute atomic E-state index is 12.7. The highest BCUT2D eigenvalue weighted by molar-refractivity contribution is 5.85.